The van der Waals surface area contributed by atoms with Crippen molar-refractivity contribution in [2.45, 2.75) is 0 Å². The van der Waals surface area contributed by atoms with E-state index in [0.29, 0.717) is 10.8 Å². The summed E-state index contributed by atoms with van der Waals surface area (Å²) in [6, 6.07) is 0. The molecule has 10 heavy (non-hydrogen) atoms. The zero-order chi connectivity index (χ0) is 7.56. The van der Waals surface area contributed by atoms with Gasteiger partial charge in [-0.1, -0.05) is 0 Å². The Balaban J connectivity index is 3.03. The molecule has 0 aromatic carbocycles. The molecule has 54 valence electrons. The molecule has 1 aromatic heterocycles. The quantitative estimate of drug-likeness (QED) is 0.720. The fourth-order valence-corrected chi connectivity index (χ4v) is 1.23. The van der Waals surface area contributed by atoms with Gasteiger partial charge in [0.1, 0.15) is 5.69 Å². The lowest BCUT2D eigenvalue weighted by molar-refractivity contribution is 0.111. The molecule has 1 aromatic rings. The molecule has 0 fully saturated rings. The number of aromatic nitrogens is 2. The van der Waals surface area contributed by atoms with Crippen LogP contribution in [0, 0.1) is 0 Å². The summed E-state index contributed by atoms with van der Waals surface area (Å²) in [6.45, 7) is 0. The van der Waals surface area contributed by atoms with Gasteiger partial charge in [0.2, 0.25) is 0 Å². The largest absolute Gasteiger partial charge is 0.296 e. The van der Waals surface area contributed by atoms with E-state index < -0.39 is 0 Å². The first-order valence-electron chi connectivity index (χ1n) is 2.27. The Morgan fingerprint density at radius 2 is 2.60 bits per heavy atom. The lowest BCUT2D eigenvalue weighted by atomic mass is 10.5. The summed E-state index contributed by atoms with van der Waals surface area (Å²) < 4.78 is 13.2. The molecule has 0 saturated carbocycles. The maximum Gasteiger partial charge on any atom is 0.187 e. The van der Waals surface area contributed by atoms with Crippen LogP contribution >= 0.6 is 28.3 Å². The normalized spacial score (nSPS) is 9.80. The number of halogens is 2. The Hall–Kier alpha value is -0.360. The highest BCUT2D eigenvalue weighted by Crippen LogP contribution is 2.16. The molecule has 1 rings (SSSR count). The molecule has 0 spiro atoms. The molecule has 0 unspecified atom stereocenters. The minimum Gasteiger partial charge on any atom is -0.296 e. The number of hydrogen-bond acceptors (Lipinski definition) is 3. The summed E-state index contributed by atoms with van der Waals surface area (Å²) in [5.41, 5.74) is 0.199. The van der Waals surface area contributed by atoms with Crippen molar-refractivity contribution in [3.8, 4) is 0 Å². The molecule has 6 heteroatoms. The third-order valence-corrected chi connectivity index (χ3v) is 1.80. The van der Waals surface area contributed by atoms with E-state index in [4.69, 9.17) is 0 Å². The summed E-state index contributed by atoms with van der Waals surface area (Å²) in [7, 11) is 0. The highest BCUT2D eigenvalue weighted by atomic mass is 79.9. The predicted octanol–water partition coefficient (Wildman–Crippen LogP) is 1.84. The Morgan fingerprint density at radius 3 is 2.90 bits per heavy atom. The molecule has 3 nitrogen and oxygen atoms in total. The Kier molecular flexibility index (Phi) is 2.44. The van der Waals surface area contributed by atoms with Gasteiger partial charge in [0, 0.05) is 0 Å². The SMILES string of the molecule is O=Cc1nn(SF)cc1Br. The second kappa shape index (κ2) is 3.16. The number of hydrogen-bond donors (Lipinski definition) is 0. The van der Waals surface area contributed by atoms with Crippen LogP contribution in [0.3, 0.4) is 0 Å². The number of aldehydes is 1. The fraction of sp³-hybridized carbons (Fsp3) is 0. The van der Waals surface area contributed by atoms with Crippen LogP contribution in [0.15, 0.2) is 10.7 Å². The van der Waals surface area contributed by atoms with Gasteiger partial charge in [0.15, 0.2) is 18.6 Å². The van der Waals surface area contributed by atoms with Crippen LogP contribution in [0.2, 0.25) is 0 Å². The predicted molar refractivity (Wildman–Crippen MR) is 39.4 cm³/mol. The van der Waals surface area contributed by atoms with Crippen molar-refractivity contribution in [3.63, 3.8) is 0 Å². The third-order valence-electron chi connectivity index (χ3n) is 0.857. The summed E-state index contributed by atoms with van der Waals surface area (Å²) in [4.78, 5) is 10.1. The van der Waals surface area contributed by atoms with Gasteiger partial charge in [-0.15, -0.1) is 3.89 Å². The molecule has 0 aliphatic rings. The topological polar surface area (TPSA) is 34.9 Å². The minimum atomic E-state index is -0.0642. The molecule has 0 aliphatic carbocycles. The van der Waals surface area contributed by atoms with Crippen molar-refractivity contribution >= 4 is 34.5 Å². The Morgan fingerprint density at radius 1 is 1.90 bits per heavy atom. The van der Waals surface area contributed by atoms with Crippen LogP contribution in [0.5, 0.6) is 0 Å². The lowest BCUT2D eigenvalue weighted by Gasteiger charge is -1.82. The zero-order valence-electron chi connectivity index (χ0n) is 4.62. The average molecular weight is 225 g/mol. The first-order valence-corrected chi connectivity index (χ1v) is 3.74. The summed E-state index contributed by atoms with van der Waals surface area (Å²) in [5.74, 6) is 0. The standard InChI is InChI=1S/C4H2BrFN2OS/c5-3-1-8(10-6)7-4(3)2-9/h1-2H. The van der Waals surface area contributed by atoms with E-state index in [1.807, 2.05) is 0 Å². The monoisotopic (exact) mass is 224 g/mol. The van der Waals surface area contributed by atoms with Gasteiger partial charge in [0.25, 0.3) is 0 Å². The average Bonchev–Trinajstić information content (AvgIpc) is 2.30. The smallest absolute Gasteiger partial charge is 0.187 e. The van der Waals surface area contributed by atoms with Gasteiger partial charge in [-0.05, 0) is 15.9 Å². The Labute approximate surface area is 69.2 Å². The van der Waals surface area contributed by atoms with Crippen molar-refractivity contribution in [3.05, 3.63) is 16.4 Å². The number of carbonyl (C=O) groups excluding carboxylic acids is 1. The van der Waals surface area contributed by atoms with Crippen LogP contribution in [-0.2, 0) is 0 Å². The molecular formula is C4H2BrFN2OS. The Bertz CT molecular complexity index is 251. The van der Waals surface area contributed by atoms with Gasteiger partial charge in [-0.3, -0.25) is 4.79 Å². The third kappa shape index (κ3) is 1.38. The minimum absolute atomic E-state index is 0.0642. The van der Waals surface area contributed by atoms with Crippen molar-refractivity contribution in [1.82, 2.24) is 9.19 Å². The number of rotatable bonds is 2. The molecule has 0 atom stereocenters. The summed E-state index contributed by atoms with van der Waals surface area (Å²) in [6.07, 6.45) is 1.92. The summed E-state index contributed by atoms with van der Waals surface area (Å²) >= 11 is 2.96. The zero-order valence-corrected chi connectivity index (χ0v) is 7.02. The van der Waals surface area contributed by atoms with E-state index in [1.54, 1.807) is 0 Å². The van der Waals surface area contributed by atoms with E-state index in [-0.39, 0.29) is 18.0 Å². The summed E-state index contributed by atoms with van der Waals surface area (Å²) in [5, 5.41) is 3.54. The van der Waals surface area contributed by atoms with E-state index in [0.717, 1.165) is 4.09 Å². The van der Waals surface area contributed by atoms with E-state index in [1.165, 1.54) is 6.20 Å². The van der Waals surface area contributed by atoms with Crippen molar-refractivity contribution in [2.75, 3.05) is 0 Å². The van der Waals surface area contributed by atoms with Crippen molar-refractivity contribution < 1.29 is 8.68 Å². The molecule has 0 saturated heterocycles. The number of nitrogens with zero attached hydrogens (tertiary/aromatic N) is 2. The van der Waals surface area contributed by atoms with Gasteiger partial charge in [0.05, 0.1) is 10.7 Å². The highest BCUT2D eigenvalue weighted by molar-refractivity contribution is 9.10. The molecular weight excluding hydrogens is 223 g/mol. The molecule has 0 radical (unpaired) electrons. The van der Waals surface area contributed by atoms with Crippen LogP contribution in [0.4, 0.5) is 3.89 Å². The molecule has 0 N–H and O–H groups in total. The molecule has 1 heterocycles. The number of carbonyl (C=O) groups is 1. The van der Waals surface area contributed by atoms with Gasteiger partial charge in [-0.25, -0.2) is 0 Å². The van der Waals surface area contributed by atoms with Crippen molar-refractivity contribution in [1.29, 1.82) is 0 Å². The molecule has 0 bridgehead atoms. The van der Waals surface area contributed by atoms with E-state index in [9.17, 15) is 8.68 Å². The molecule has 0 amide bonds. The van der Waals surface area contributed by atoms with Crippen LogP contribution in [-0.4, -0.2) is 15.5 Å². The van der Waals surface area contributed by atoms with Crippen LogP contribution < -0.4 is 0 Å². The first kappa shape index (κ1) is 7.74. The first-order chi connectivity index (χ1) is 4.77. The van der Waals surface area contributed by atoms with Gasteiger partial charge >= 0.3 is 0 Å². The van der Waals surface area contributed by atoms with Crippen LogP contribution in [0.25, 0.3) is 0 Å². The maximum absolute atomic E-state index is 11.7. The van der Waals surface area contributed by atoms with Gasteiger partial charge in [-0.2, -0.15) is 9.19 Å². The van der Waals surface area contributed by atoms with Crippen molar-refractivity contribution in [2.24, 2.45) is 0 Å². The molecule has 0 aliphatic heterocycles. The van der Waals surface area contributed by atoms with E-state index >= 15 is 0 Å². The van der Waals surface area contributed by atoms with E-state index in [2.05, 4.69) is 21.0 Å². The lowest BCUT2D eigenvalue weighted by Crippen LogP contribution is -1.85. The maximum atomic E-state index is 11.7. The van der Waals surface area contributed by atoms with Gasteiger partial charge < -0.3 is 0 Å². The second-order valence-corrected chi connectivity index (χ2v) is 2.82. The highest BCUT2D eigenvalue weighted by Gasteiger charge is 2.04. The van der Waals surface area contributed by atoms with Crippen LogP contribution in [0.1, 0.15) is 10.5 Å². The second-order valence-electron chi connectivity index (χ2n) is 1.45. The fourth-order valence-electron chi connectivity index (χ4n) is 0.461.